The standard InChI is InChI=1S/C16H18N4O2/c1-11-9-20(15(11)12-6-4-3-5-7-12)16(21)19-13-8-14(22-2)18-10-17-13/h3-8,10-11,15H,9H2,1-2H3,(H,17,18,19,21)/t11-,15-/m1/s1. The minimum absolute atomic E-state index is 0.102. The molecule has 22 heavy (non-hydrogen) atoms. The Kier molecular flexibility index (Phi) is 3.91. The number of nitrogens with zero attached hydrogens (tertiary/aromatic N) is 3. The first kappa shape index (κ1) is 14.3. The van der Waals surface area contributed by atoms with E-state index >= 15 is 0 Å². The van der Waals surface area contributed by atoms with Crippen LogP contribution >= 0.6 is 0 Å². The van der Waals surface area contributed by atoms with E-state index in [1.54, 1.807) is 6.07 Å². The van der Waals surface area contributed by atoms with E-state index in [-0.39, 0.29) is 12.1 Å². The summed E-state index contributed by atoms with van der Waals surface area (Å²) in [5, 5.41) is 2.79. The first-order chi connectivity index (χ1) is 10.7. The molecule has 1 N–H and O–H groups in total. The number of methoxy groups -OCH3 is 1. The minimum Gasteiger partial charge on any atom is -0.481 e. The van der Waals surface area contributed by atoms with Gasteiger partial charge in [-0.1, -0.05) is 37.3 Å². The first-order valence-corrected chi connectivity index (χ1v) is 7.17. The molecule has 2 amide bonds. The maximum atomic E-state index is 12.4. The third-order valence-corrected chi connectivity index (χ3v) is 3.85. The Balaban J connectivity index is 1.72. The number of hydrogen-bond acceptors (Lipinski definition) is 4. The minimum atomic E-state index is -0.160. The van der Waals surface area contributed by atoms with Crippen LogP contribution in [0.1, 0.15) is 18.5 Å². The summed E-state index contributed by atoms with van der Waals surface area (Å²) in [7, 11) is 1.52. The number of carbonyl (C=O) groups excluding carboxylic acids is 1. The van der Waals surface area contributed by atoms with Crippen LogP contribution in [0.5, 0.6) is 5.88 Å². The monoisotopic (exact) mass is 298 g/mol. The van der Waals surface area contributed by atoms with E-state index in [2.05, 4.69) is 22.2 Å². The maximum absolute atomic E-state index is 12.4. The fourth-order valence-corrected chi connectivity index (χ4v) is 2.76. The van der Waals surface area contributed by atoms with Crippen LogP contribution in [-0.4, -0.2) is 34.6 Å². The number of nitrogens with one attached hydrogen (secondary N) is 1. The van der Waals surface area contributed by atoms with Crippen LogP contribution in [0, 0.1) is 5.92 Å². The lowest BCUT2D eigenvalue weighted by atomic mass is 9.85. The second-order valence-electron chi connectivity index (χ2n) is 5.36. The summed E-state index contributed by atoms with van der Waals surface area (Å²) in [6.07, 6.45) is 1.36. The first-order valence-electron chi connectivity index (χ1n) is 7.17. The summed E-state index contributed by atoms with van der Waals surface area (Å²) in [5.74, 6) is 1.29. The molecule has 1 fully saturated rings. The lowest BCUT2D eigenvalue weighted by molar-refractivity contribution is 0.0670. The van der Waals surface area contributed by atoms with Gasteiger partial charge in [0.2, 0.25) is 5.88 Å². The van der Waals surface area contributed by atoms with Crippen LogP contribution in [0.15, 0.2) is 42.7 Å². The van der Waals surface area contributed by atoms with Crippen LogP contribution in [0.2, 0.25) is 0 Å². The third kappa shape index (κ3) is 2.72. The van der Waals surface area contributed by atoms with Gasteiger partial charge in [-0.3, -0.25) is 5.32 Å². The van der Waals surface area contributed by atoms with Gasteiger partial charge in [0.25, 0.3) is 0 Å². The van der Waals surface area contributed by atoms with E-state index in [0.717, 1.165) is 12.1 Å². The molecule has 2 atom stereocenters. The Morgan fingerprint density at radius 2 is 2.09 bits per heavy atom. The van der Waals surface area contributed by atoms with E-state index in [0.29, 0.717) is 17.6 Å². The molecular formula is C16H18N4O2. The quantitative estimate of drug-likeness (QED) is 0.946. The van der Waals surface area contributed by atoms with Crippen molar-refractivity contribution in [3.05, 3.63) is 48.3 Å². The number of ether oxygens (including phenoxy) is 1. The molecule has 0 aliphatic carbocycles. The van der Waals surface area contributed by atoms with E-state index < -0.39 is 0 Å². The largest absolute Gasteiger partial charge is 0.481 e. The normalized spacial score (nSPS) is 20.2. The van der Waals surface area contributed by atoms with Crippen molar-refractivity contribution in [3.63, 3.8) is 0 Å². The van der Waals surface area contributed by atoms with Gasteiger partial charge in [-0.2, -0.15) is 0 Å². The molecule has 6 heteroatoms. The summed E-state index contributed by atoms with van der Waals surface area (Å²) in [4.78, 5) is 22.2. The molecule has 0 bridgehead atoms. The third-order valence-electron chi connectivity index (χ3n) is 3.85. The van der Waals surface area contributed by atoms with E-state index in [4.69, 9.17) is 4.74 Å². The smallest absolute Gasteiger partial charge is 0.323 e. The summed E-state index contributed by atoms with van der Waals surface area (Å²) >= 11 is 0. The fourth-order valence-electron chi connectivity index (χ4n) is 2.76. The van der Waals surface area contributed by atoms with Crippen molar-refractivity contribution >= 4 is 11.8 Å². The molecule has 6 nitrogen and oxygen atoms in total. The predicted molar refractivity (Wildman–Crippen MR) is 82.7 cm³/mol. The van der Waals surface area contributed by atoms with Gasteiger partial charge >= 0.3 is 6.03 Å². The number of urea groups is 1. The molecule has 0 saturated carbocycles. The van der Waals surface area contributed by atoms with Crippen LogP contribution in [0.4, 0.5) is 10.6 Å². The zero-order valence-corrected chi connectivity index (χ0v) is 12.6. The Hall–Kier alpha value is -2.63. The van der Waals surface area contributed by atoms with Crippen molar-refractivity contribution < 1.29 is 9.53 Å². The van der Waals surface area contributed by atoms with Crippen LogP contribution < -0.4 is 10.1 Å². The summed E-state index contributed by atoms with van der Waals surface area (Å²) in [5.41, 5.74) is 1.15. The number of benzene rings is 1. The van der Waals surface area contributed by atoms with Gasteiger partial charge in [-0.05, 0) is 11.5 Å². The van der Waals surface area contributed by atoms with Crippen molar-refractivity contribution in [3.8, 4) is 5.88 Å². The molecule has 1 saturated heterocycles. The Morgan fingerprint density at radius 3 is 2.77 bits per heavy atom. The second kappa shape index (κ2) is 6.01. The molecule has 1 aliphatic heterocycles. The average molecular weight is 298 g/mol. The molecule has 0 spiro atoms. The van der Waals surface area contributed by atoms with Crippen molar-refractivity contribution in [2.24, 2.45) is 5.92 Å². The molecule has 1 aromatic heterocycles. The maximum Gasteiger partial charge on any atom is 0.323 e. The number of likely N-dealkylation sites (tertiary alicyclic amines) is 1. The van der Waals surface area contributed by atoms with Crippen LogP contribution in [-0.2, 0) is 0 Å². The Morgan fingerprint density at radius 1 is 1.32 bits per heavy atom. The summed E-state index contributed by atoms with van der Waals surface area (Å²) in [6, 6.07) is 11.6. The number of hydrogen-bond donors (Lipinski definition) is 1. The Bertz CT molecular complexity index is 662. The molecule has 2 heterocycles. The van der Waals surface area contributed by atoms with Crippen molar-refractivity contribution in [1.82, 2.24) is 14.9 Å². The van der Waals surface area contributed by atoms with Crippen molar-refractivity contribution in [2.75, 3.05) is 19.0 Å². The highest BCUT2D eigenvalue weighted by Gasteiger charge is 2.40. The molecule has 3 rings (SSSR count). The van der Waals surface area contributed by atoms with Crippen LogP contribution in [0.25, 0.3) is 0 Å². The predicted octanol–water partition coefficient (Wildman–Crippen LogP) is 2.71. The van der Waals surface area contributed by atoms with Gasteiger partial charge in [0, 0.05) is 12.6 Å². The van der Waals surface area contributed by atoms with Crippen molar-refractivity contribution in [1.29, 1.82) is 0 Å². The highest BCUT2D eigenvalue weighted by Crippen LogP contribution is 2.38. The molecule has 0 radical (unpaired) electrons. The number of carbonyl (C=O) groups is 1. The van der Waals surface area contributed by atoms with Gasteiger partial charge in [0.1, 0.15) is 12.1 Å². The molecule has 2 aromatic rings. The molecule has 1 aliphatic rings. The zero-order chi connectivity index (χ0) is 15.5. The number of aromatic nitrogens is 2. The average Bonchev–Trinajstić information content (AvgIpc) is 2.53. The van der Waals surface area contributed by atoms with Gasteiger partial charge in [-0.15, -0.1) is 0 Å². The highest BCUT2D eigenvalue weighted by molar-refractivity contribution is 5.89. The lowest BCUT2D eigenvalue weighted by Gasteiger charge is -2.46. The van der Waals surface area contributed by atoms with E-state index in [1.807, 2.05) is 35.2 Å². The number of anilines is 1. The second-order valence-corrected chi connectivity index (χ2v) is 5.36. The van der Waals surface area contributed by atoms with Gasteiger partial charge in [0.05, 0.1) is 13.2 Å². The highest BCUT2D eigenvalue weighted by atomic mass is 16.5. The van der Waals surface area contributed by atoms with Crippen LogP contribution in [0.3, 0.4) is 0 Å². The van der Waals surface area contributed by atoms with Gasteiger partial charge in [0.15, 0.2) is 0 Å². The topological polar surface area (TPSA) is 67.3 Å². The van der Waals surface area contributed by atoms with Gasteiger partial charge in [-0.25, -0.2) is 14.8 Å². The number of rotatable bonds is 3. The lowest BCUT2D eigenvalue weighted by Crippen LogP contribution is -2.53. The molecule has 0 unspecified atom stereocenters. The molecule has 1 aromatic carbocycles. The molecular weight excluding hydrogens is 280 g/mol. The van der Waals surface area contributed by atoms with Crippen molar-refractivity contribution in [2.45, 2.75) is 13.0 Å². The van der Waals surface area contributed by atoms with Gasteiger partial charge < -0.3 is 9.64 Å². The number of amides is 2. The SMILES string of the molecule is COc1cc(NC(=O)N2C[C@@H](C)[C@@H]2c2ccccc2)ncn1. The summed E-state index contributed by atoms with van der Waals surface area (Å²) in [6.45, 7) is 2.88. The van der Waals surface area contributed by atoms with E-state index in [9.17, 15) is 4.79 Å². The van der Waals surface area contributed by atoms with E-state index in [1.165, 1.54) is 13.4 Å². The molecule has 114 valence electrons. The Labute approximate surface area is 129 Å². The zero-order valence-electron chi connectivity index (χ0n) is 12.6. The summed E-state index contributed by atoms with van der Waals surface area (Å²) < 4.78 is 5.03. The fraction of sp³-hybridized carbons (Fsp3) is 0.312.